The highest BCUT2D eigenvalue weighted by atomic mass is 32.1. The van der Waals surface area contributed by atoms with Crippen LogP contribution < -0.4 is 11.1 Å². The summed E-state index contributed by atoms with van der Waals surface area (Å²) in [5.74, 6) is -0.724. The molecule has 6 heteroatoms. The first kappa shape index (κ1) is 14.3. The third kappa shape index (κ3) is 2.10. The molecule has 0 aliphatic heterocycles. The van der Waals surface area contributed by atoms with Gasteiger partial charge in [0.2, 0.25) is 0 Å². The topological polar surface area (TPSA) is 75.3 Å². The third-order valence-electron chi connectivity index (χ3n) is 4.43. The number of thiophene rings is 1. The van der Waals surface area contributed by atoms with Gasteiger partial charge in [-0.25, -0.2) is 4.39 Å². The minimum absolute atomic E-state index is 0.102. The summed E-state index contributed by atoms with van der Waals surface area (Å²) >= 11 is 1.18. The van der Waals surface area contributed by atoms with Gasteiger partial charge in [-0.05, 0) is 18.6 Å². The number of hydrogen-bond acceptors (Lipinski definition) is 4. The lowest BCUT2D eigenvalue weighted by atomic mass is 9.64. The molecule has 1 aromatic carbocycles. The lowest BCUT2D eigenvalue weighted by Gasteiger charge is -2.49. The van der Waals surface area contributed by atoms with Crippen molar-refractivity contribution in [1.82, 2.24) is 5.32 Å². The SMILES string of the molecule is CC1(C)C(O)CC1NC(=O)c1sc2cccc(F)c2c1N. The molecule has 4 nitrogen and oxygen atoms in total. The Morgan fingerprint density at radius 2 is 2.24 bits per heavy atom. The summed E-state index contributed by atoms with van der Waals surface area (Å²) in [5.41, 5.74) is 5.76. The number of fused-ring (bicyclic) bond motifs is 1. The van der Waals surface area contributed by atoms with E-state index in [2.05, 4.69) is 5.32 Å². The van der Waals surface area contributed by atoms with Crippen LogP contribution in [0.4, 0.5) is 10.1 Å². The maximum Gasteiger partial charge on any atom is 0.263 e. The molecular formula is C15H17FN2O2S. The van der Waals surface area contributed by atoms with E-state index in [0.29, 0.717) is 21.4 Å². The molecule has 112 valence electrons. The molecule has 1 aliphatic rings. The van der Waals surface area contributed by atoms with Crippen molar-refractivity contribution in [2.24, 2.45) is 5.41 Å². The highest BCUT2D eigenvalue weighted by Gasteiger charge is 2.48. The predicted molar refractivity (Wildman–Crippen MR) is 81.9 cm³/mol. The first-order chi connectivity index (χ1) is 9.82. The number of nitrogens with one attached hydrogen (secondary N) is 1. The van der Waals surface area contributed by atoms with Crippen molar-refractivity contribution in [2.45, 2.75) is 32.4 Å². The highest BCUT2D eigenvalue weighted by molar-refractivity contribution is 7.21. The number of aliphatic hydroxyl groups excluding tert-OH is 1. The van der Waals surface area contributed by atoms with Gasteiger partial charge in [-0.15, -0.1) is 11.3 Å². The van der Waals surface area contributed by atoms with E-state index in [1.807, 2.05) is 13.8 Å². The third-order valence-corrected chi connectivity index (χ3v) is 5.60. The average molecular weight is 308 g/mol. The summed E-state index contributed by atoms with van der Waals surface area (Å²) in [6, 6.07) is 4.57. The summed E-state index contributed by atoms with van der Waals surface area (Å²) < 4.78 is 14.5. The monoisotopic (exact) mass is 308 g/mol. The molecule has 2 aromatic rings. The number of nitrogen functional groups attached to an aromatic ring is 1. The van der Waals surface area contributed by atoms with E-state index >= 15 is 0 Å². The molecule has 4 N–H and O–H groups in total. The van der Waals surface area contributed by atoms with Crippen molar-refractivity contribution in [3.8, 4) is 0 Å². The fourth-order valence-electron chi connectivity index (χ4n) is 2.67. The first-order valence-corrected chi connectivity index (χ1v) is 7.59. The minimum Gasteiger partial charge on any atom is -0.397 e. The fraction of sp³-hybridized carbons (Fsp3) is 0.400. The molecule has 21 heavy (non-hydrogen) atoms. The van der Waals surface area contributed by atoms with Crippen molar-refractivity contribution in [3.05, 3.63) is 28.9 Å². The molecule has 3 rings (SSSR count). The van der Waals surface area contributed by atoms with Crippen LogP contribution in [-0.2, 0) is 0 Å². The van der Waals surface area contributed by atoms with Crippen LogP contribution in [-0.4, -0.2) is 23.2 Å². The molecule has 1 heterocycles. The van der Waals surface area contributed by atoms with Crippen molar-refractivity contribution in [2.75, 3.05) is 5.73 Å². The molecule has 2 unspecified atom stereocenters. The molecule has 0 bridgehead atoms. The summed E-state index contributed by atoms with van der Waals surface area (Å²) in [6.45, 7) is 3.81. The quantitative estimate of drug-likeness (QED) is 0.798. The zero-order chi connectivity index (χ0) is 15.4. The van der Waals surface area contributed by atoms with Crippen LogP contribution in [0, 0.1) is 11.2 Å². The fourth-order valence-corrected chi connectivity index (χ4v) is 3.71. The Balaban J connectivity index is 1.89. The van der Waals surface area contributed by atoms with E-state index in [1.54, 1.807) is 12.1 Å². The Labute approximate surface area is 125 Å². The summed E-state index contributed by atoms with van der Waals surface area (Å²) in [5, 5.41) is 12.9. The molecule has 1 fully saturated rings. The number of nitrogens with two attached hydrogens (primary N) is 1. The zero-order valence-electron chi connectivity index (χ0n) is 11.8. The largest absolute Gasteiger partial charge is 0.397 e. The Morgan fingerprint density at radius 3 is 2.81 bits per heavy atom. The van der Waals surface area contributed by atoms with Crippen molar-refractivity contribution in [1.29, 1.82) is 0 Å². The summed E-state index contributed by atoms with van der Waals surface area (Å²) in [7, 11) is 0. The Morgan fingerprint density at radius 1 is 1.52 bits per heavy atom. The van der Waals surface area contributed by atoms with Gasteiger partial charge < -0.3 is 16.2 Å². The molecular weight excluding hydrogens is 291 g/mol. The van der Waals surface area contributed by atoms with E-state index in [4.69, 9.17) is 5.73 Å². The van der Waals surface area contributed by atoms with Crippen molar-refractivity contribution in [3.63, 3.8) is 0 Å². The van der Waals surface area contributed by atoms with Gasteiger partial charge in [0, 0.05) is 16.2 Å². The van der Waals surface area contributed by atoms with Gasteiger partial charge in [-0.1, -0.05) is 19.9 Å². The molecule has 0 spiro atoms. The second kappa shape index (κ2) is 4.68. The number of anilines is 1. The Kier molecular flexibility index (Phi) is 3.18. The number of aliphatic hydroxyl groups is 1. The van der Waals surface area contributed by atoms with E-state index in [1.165, 1.54) is 17.4 Å². The number of halogens is 1. The van der Waals surface area contributed by atoms with Gasteiger partial charge in [0.25, 0.3) is 5.91 Å². The van der Waals surface area contributed by atoms with Gasteiger partial charge >= 0.3 is 0 Å². The number of carbonyl (C=O) groups is 1. The number of hydrogen-bond donors (Lipinski definition) is 3. The number of amides is 1. The van der Waals surface area contributed by atoms with Crippen LogP contribution in [0.1, 0.15) is 29.9 Å². The molecule has 1 aromatic heterocycles. The van der Waals surface area contributed by atoms with Crippen molar-refractivity contribution >= 4 is 33.0 Å². The number of carbonyl (C=O) groups excluding carboxylic acids is 1. The summed E-state index contributed by atoms with van der Waals surface area (Å²) in [4.78, 5) is 12.7. The van der Waals surface area contributed by atoms with E-state index in [0.717, 1.165) is 0 Å². The van der Waals surface area contributed by atoms with E-state index in [9.17, 15) is 14.3 Å². The highest BCUT2D eigenvalue weighted by Crippen LogP contribution is 2.41. The Bertz CT molecular complexity index is 726. The van der Waals surface area contributed by atoms with Gasteiger partial charge in [0.05, 0.1) is 17.2 Å². The lowest BCUT2D eigenvalue weighted by molar-refractivity contribution is -0.0689. The molecule has 1 amide bonds. The maximum atomic E-state index is 13.8. The Hall–Kier alpha value is -1.66. The maximum absolute atomic E-state index is 13.8. The smallest absolute Gasteiger partial charge is 0.263 e. The van der Waals surface area contributed by atoms with Gasteiger partial charge in [-0.3, -0.25) is 4.79 Å². The number of benzene rings is 1. The second-order valence-corrected chi connectivity index (χ2v) is 7.11. The van der Waals surface area contributed by atoms with Crippen LogP contribution in [0.5, 0.6) is 0 Å². The standard InChI is InChI=1S/C15H17FN2O2S/c1-15(2)9(6-10(15)19)18-14(20)13-12(17)11-7(16)4-3-5-8(11)21-13/h3-5,9-10,19H,6,17H2,1-2H3,(H,18,20). The van der Waals surface area contributed by atoms with E-state index < -0.39 is 11.9 Å². The molecule has 1 saturated carbocycles. The van der Waals surface area contributed by atoms with Crippen LogP contribution >= 0.6 is 11.3 Å². The van der Waals surface area contributed by atoms with Gasteiger partial charge in [-0.2, -0.15) is 0 Å². The molecule has 2 atom stereocenters. The average Bonchev–Trinajstić information content (AvgIpc) is 2.77. The molecule has 0 radical (unpaired) electrons. The number of rotatable bonds is 2. The predicted octanol–water partition coefficient (Wildman–Crippen LogP) is 2.51. The first-order valence-electron chi connectivity index (χ1n) is 6.77. The second-order valence-electron chi connectivity index (χ2n) is 6.06. The van der Waals surface area contributed by atoms with Gasteiger partial charge in [0.1, 0.15) is 10.7 Å². The van der Waals surface area contributed by atoms with Gasteiger partial charge in [0.15, 0.2) is 0 Å². The molecule has 1 aliphatic carbocycles. The van der Waals surface area contributed by atoms with Crippen molar-refractivity contribution < 1.29 is 14.3 Å². The van der Waals surface area contributed by atoms with Crippen LogP contribution in [0.2, 0.25) is 0 Å². The minimum atomic E-state index is -0.417. The van der Waals surface area contributed by atoms with Crippen LogP contribution in [0.25, 0.3) is 10.1 Å². The lowest BCUT2D eigenvalue weighted by Crippen LogP contribution is -2.61. The van der Waals surface area contributed by atoms with Crippen LogP contribution in [0.15, 0.2) is 18.2 Å². The summed E-state index contributed by atoms with van der Waals surface area (Å²) in [6.07, 6.45) is 0.109. The molecule has 0 saturated heterocycles. The normalized spacial score (nSPS) is 23.8. The zero-order valence-corrected chi connectivity index (χ0v) is 12.6. The van der Waals surface area contributed by atoms with Crippen LogP contribution in [0.3, 0.4) is 0 Å². The van der Waals surface area contributed by atoms with E-state index in [-0.39, 0.29) is 23.1 Å².